The molecule has 1 aliphatic heterocycles. The Balaban J connectivity index is 1.41. The van der Waals surface area contributed by atoms with Gasteiger partial charge in [-0.25, -0.2) is 0 Å². The van der Waals surface area contributed by atoms with Crippen molar-refractivity contribution in [2.45, 2.75) is 12.8 Å². The molecule has 1 fully saturated rings. The van der Waals surface area contributed by atoms with Crippen molar-refractivity contribution in [1.29, 1.82) is 0 Å². The topological polar surface area (TPSA) is 62.3 Å². The highest BCUT2D eigenvalue weighted by Crippen LogP contribution is 2.22. The van der Waals surface area contributed by atoms with Gasteiger partial charge in [0.1, 0.15) is 0 Å². The fraction of sp³-hybridized carbons (Fsp3) is 0.136. The number of nitrogens with one attached hydrogen (secondary N) is 1. The van der Waals surface area contributed by atoms with E-state index in [9.17, 15) is 9.59 Å². The van der Waals surface area contributed by atoms with E-state index in [0.29, 0.717) is 12.1 Å². The number of hydrogen-bond donors (Lipinski definition) is 1. The molecule has 27 heavy (non-hydrogen) atoms. The molecule has 0 spiro atoms. The van der Waals surface area contributed by atoms with Crippen LogP contribution in [-0.2, 0) is 9.59 Å². The van der Waals surface area contributed by atoms with Crippen LogP contribution in [0.5, 0.6) is 0 Å². The molecule has 2 heterocycles. The van der Waals surface area contributed by atoms with Gasteiger partial charge in [-0.3, -0.25) is 14.6 Å². The SMILES string of the molecule is O=C(/C=C/c1ccc(N2CCCC2=O)cc1)Nc1cnc2ccccc2c1. The van der Waals surface area contributed by atoms with Crippen molar-refractivity contribution in [3.05, 3.63) is 72.4 Å². The molecule has 1 aromatic heterocycles. The molecule has 1 N–H and O–H groups in total. The van der Waals surface area contributed by atoms with Gasteiger partial charge in [0.05, 0.1) is 17.4 Å². The highest BCUT2D eigenvalue weighted by Gasteiger charge is 2.21. The van der Waals surface area contributed by atoms with Crippen LogP contribution in [0.3, 0.4) is 0 Å². The van der Waals surface area contributed by atoms with E-state index in [1.54, 1.807) is 17.2 Å². The number of carbonyl (C=O) groups is 2. The van der Waals surface area contributed by atoms with E-state index in [1.807, 2.05) is 54.6 Å². The minimum atomic E-state index is -0.217. The second-order valence-corrected chi connectivity index (χ2v) is 6.48. The van der Waals surface area contributed by atoms with E-state index in [4.69, 9.17) is 0 Å². The molecule has 0 radical (unpaired) electrons. The van der Waals surface area contributed by atoms with Gasteiger partial charge in [-0.05, 0) is 42.3 Å². The molecule has 134 valence electrons. The van der Waals surface area contributed by atoms with E-state index in [0.717, 1.165) is 35.1 Å². The average Bonchev–Trinajstić information content (AvgIpc) is 3.12. The molecule has 5 heteroatoms. The van der Waals surface area contributed by atoms with Gasteiger partial charge in [-0.2, -0.15) is 0 Å². The van der Waals surface area contributed by atoms with Gasteiger partial charge >= 0.3 is 0 Å². The van der Waals surface area contributed by atoms with Crippen molar-refractivity contribution in [2.75, 3.05) is 16.8 Å². The smallest absolute Gasteiger partial charge is 0.248 e. The van der Waals surface area contributed by atoms with Crippen molar-refractivity contribution in [3.63, 3.8) is 0 Å². The maximum atomic E-state index is 12.2. The third kappa shape index (κ3) is 3.87. The number of aromatic nitrogens is 1. The number of nitrogens with zero attached hydrogens (tertiary/aromatic N) is 2. The second-order valence-electron chi connectivity index (χ2n) is 6.48. The van der Waals surface area contributed by atoms with Gasteiger partial charge in [-0.15, -0.1) is 0 Å². The average molecular weight is 357 g/mol. The minimum absolute atomic E-state index is 0.168. The third-order valence-electron chi connectivity index (χ3n) is 4.56. The number of carbonyl (C=O) groups excluding carboxylic acids is 2. The van der Waals surface area contributed by atoms with Crippen molar-refractivity contribution in [2.24, 2.45) is 0 Å². The Hall–Kier alpha value is -3.47. The second kappa shape index (κ2) is 7.41. The molecule has 0 aliphatic carbocycles. The monoisotopic (exact) mass is 357 g/mol. The number of rotatable bonds is 4. The first-order chi connectivity index (χ1) is 13.2. The number of benzene rings is 2. The normalized spacial score (nSPS) is 14.2. The van der Waals surface area contributed by atoms with Crippen LogP contribution in [0.2, 0.25) is 0 Å². The Morgan fingerprint density at radius 1 is 1.11 bits per heavy atom. The maximum Gasteiger partial charge on any atom is 0.248 e. The Morgan fingerprint density at radius 3 is 2.70 bits per heavy atom. The van der Waals surface area contributed by atoms with Gasteiger partial charge in [0.25, 0.3) is 0 Å². The lowest BCUT2D eigenvalue weighted by molar-refractivity contribution is -0.117. The van der Waals surface area contributed by atoms with E-state index in [1.165, 1.54) is 6.08 Å². The van der Waals surface area contributed by atoms with Crippen LogP contribution in [-0.4, -0.2) is 23.3 Å². The molecule has 3 aromatic rings. The van der Waals surface area contributed by atoms with Crippen molar-refractivity contribution >= 4 is 40.2 Å². The predicted octanol–water partition coefficient (Wildman–Crippen LogP) is 4.01. The molecular formula is C22H19N3O2. The number of anilines is 2. The zero-order valence-corrected chi connectivity index (χ0v) is 14.8. The first-order valence-corrected chi connectivity index (χ1v) is 8.93. The lowest BCUT2D eigenvalue weighted by atomic mass is 10.2. The number of fused-ring (bicyclic) bond motifs is 1. The fourth-order valence-corrected chi connectivity index (χ4v) is 3.18. The first kappa shape index (κ1) is 17.0. The van der Waals surface area contributed by atoms with Crippen LogP contribution in [0.15, 0.2) is 66.9 Å². The lowest BCUT2D eigenvalue weighted by Gasteiger charge is -2.15. The molecule has 0 atom stereocenters. The van der Waals surface area contributed by atoms with Crippen LogP contribution in [0.25, 0.3) is 17.0 Å². The van der Waals surface area contributed by atoms with Crippen molar-refractivity contribution in [1.82, 2.24) is 4.98 Å². The summed E-state index contributed by atoms with van der Waals surface area (Å²) in [5, 5.41) is 3.80. The highest BCUT2D eigenvalue weighted by atomic mass is 16.2. The summed E-state index contributed by atoms with van der Waals surface area (Å²) < 4.78 is 0. The maximum absolute atomic E-state index is 12.2. The molecule has 0 saturated carbocycles. The largest absolute Gasteiger partial charge is 0.321 e. The zero-order chi connectivity index (χ0) is 18.6. The Bertz CT molecular complexity index is 1030. The van der Waals surface area contributed by atoms with Gasteiger partial charge < -0.3 is 10.2 Å². The summed E-state index contributed by atoms with van der Waals surface area (Å²) in [6, 6.07) is 17.3. The summed E-state index contributed by atoms with van der Waals surface area (Å²) in [6.07, 6.45) is 6.41. The van der Waals surface area contributed by atoms with E-state index >= 15 is 0 Å². The summed E-state index contributed by atoms with van der Waals surface area (Å²) in [6.45, 7) is 0.774. The fourth-order valence-electron chi connectivity index (χ4n) is 3.18. The molecule has 1 aliphatic rings. The first-order valence-electron chi connectivity index (χ1n) is 8.93. The van der Waals surface area contributed by atoms with Crippen LogP contribution >= 0.6 is 0 Å². The number of hydrogen-bond acceptors (Lipinski definition) is 3. The Labute approximate surface area is 157 Å². The molecule has 0 unspecified atom stereocenters. The standard InChI is InChI=1S/C22H19N3O2/c26-21(24-18-14-17-4-1-2-5-20(17)23-15-18)12-9-16-7-10-19(11-8-16)25-13-3-6-22(25)27/h1-2,4-5,7-12,14-15H,3,6,13H2,(H,24,26)/b12-9+. The van der Waals surface area contributed by atoms with Crippen LogP contribution in [0.4, 0.5) is 11.4 Å². The highest BCUT2D eigenvalue weighted by molar-refractivity contribution is 6.02. The molecule has 5 nitrogen and oxygen atoms in total. The van der Waals surface area contributed by atoms with Crippen molar-refractivity contribution in [3.8, 4) is 0 Å². The summed E-state index contributed by atoms with van der Waals surface area (Å²) in [4.78, 5) is 30.1. The van der Waals surface area contributed by atoms with Gasteiger partial charge in [-0.1, -0.05) is 30.3 Å². The molecule has 2 amide bonds. The number of para-hydroxylation sites is 1. The number of amides is 2. The summed E-state index contributed by atoms with van der Waals surface area (Å²) >= 11 is 0. The summed E-state index contributed by atoms with van der Waals surface area (Å²) in [7, 11) is 0. The zero-order valence-electron chi connectivity index (χ0n) is 14.8. The van der Waals surface area contributed by atoms with Crippen LogP contribution in [0.1, 0.15) is 18.4 Å². The third-order valence-corrected chi connectivity index (χ3v) is 4.56. The molecule has 4 rings (SSSR count). The predicted molar refractivity (Wildman–Crippen MR) is 107 cm³/mol. The van der Waals surface area contributed by atoms with Gasteiger partial charge in [0.2, 0.25) is 11.8 Å². The van der Waals surface area contributed by atoms with Gasteiger partial charge in [0.15, 0.2) is 0 Å². The molecule has 1 saturated heterocycles. The van der Waals surface area contributed by atoms with Crippen LogP contribution < -0.4 is 10.2 Å². The van der Waals surface area contributed by atoms with E-state index in [-0.39, 0.29) is 11.8 Å². The number of pyridine rings is 1. The molecule has 2 aromatic carbocycles. The summed E-state index contributed by atoms with van der Waals surface area (Å²) in [5.74, 6) is -0.0486. The minimum Gasteiger partial charge on any atom is -0.321 e. The Kier molecular flexibility index (Phi) is 4.66. The Morgan fingerprint density at radius 2 is 1.93 bits per heavy atom. The summed E-state index contributed by atoms with van der Waals surface area (Å²) in [5.41, 5.74) is 3.35. The lowest BCUT2D eigenvalue weighted by Crippen LogP contribution is -2.23. The van der Waals surface area contributed by atoms with E-state index < -0.39 is 0 Å². The quantitative estimate of drug-likeness (QED) is 0.718. The van der Waals surface area contributed by atoms with Crippen LogP contribution in [0, 0.1) is 0 Å². The van der Waals surface area contributed by atoms with Crippen molar-refractivity contribution < 1.29 is 9.59 Å². The van der Waals surface area contributed by atoms with Gasteiger partial charge in [0, 0.05) is 30.1 Å². The van der Waals surface area contributed by atoms with E-state index in [2.05, 4.69) is 10.3 Å². The molecule has 0 bridgehead atoms. The molecular weight excluding hydrogens is 338 g/mol.